The fourth-order valence-electron chi connectivity index (χ4n) is 2.87. The molecule has 3 nitrogen and oxygen atoms in total. The van der Waals surface area contributed by atoms with E-state index in [-0.39, 0.29) is 5.91 Å². The van der Waals surface area contributed by atoms with E-state index in [0.717, 1.165) is 39.3 Å². The maximum atomic E-state index is 12.3. The van der Waals surface area contributed by atoms with E-state index < -0.39 is 0 Å². The number of nitrogens with one attached hydrogen (secondary N) is 1. The molecule has 0 aliphatic carbocycles. The minimum Gasteiger partial charge on any atom is -0.325 e. The van der Waals surface area contributed by atoms with Crippen LogP contribution in [0.1, 0.15) is 45.4 Å². The zero-order valence-electron chi connectivity index (χ0n) is 14.6. The third-order valence-electron chi connectivity index (χ3n) is 4.23. The van der Waals surface area contributed by atoms with Crippen molar-refractivity contribution < 1.29 is 4.79 Å². The highest BCUT2D eigenvalue weighted by Gasteiger charge is 2.12. The number of unbranched alkanes of at least 4 members (excludes halogenated alkanes) is 4. The molecule has 1 heterocycles. The number of rotatable bonds is 8. The lowest BCUT2D eigenvalue weighted by molar-refractivity contribution is -0.116. The Kier molecular flexibility index (Phi) is 6.18. The van der Waals surface area contributed by atoms with E-state index in [0.29, 0.717) is 6.42 Å². The van der Waals surface area contributed by atoms with Gasteiger partial charge in [0.1, 0.15) is 5.01 Å². The number of benzene rings is 2. The second-order valence-electron chi connectivity index (χ2n) is 6.24. The predicted octanol–water partition coefficient (Wildman–Crippen LogP) is 6.26. The molecule has 1 amide bonds. The Morgan fingerprint density at radius 2 is 1.76 bits per heavy atom. The molecule has 0 saturated carbocycles. The lowest BCUT2D eigenvalue weighted by Crippen LogP contribution is -2.11. The minimum atomic E-state index is 0.0880. The first kappa shape index (κ1) is 17.6. The van der Waals surface area contributed by atoms with Crippen molar-refractivity contribution in [1.29, 1.82) is 0 Å². The zero-order valence-corrected chi connectivity index (χ0v) is 15.4. The van der Waals surface area contributed by atoms with E-state index in [1.54, 1.807) is 11.3 Å². The van der Waals surface area contributed by atoms with Crippen molar-refractivity contribution in [2.45, 2.75) is 45.4 Å². The van der Waals surface area contributed by atoms with Crippen molar-refractivity contribution >= 4 is 33.1 Å². The molecule has 0 spiro atoms. The summed E-state index contributed by atoms with van der Waals surface area (Å²) in [5.74, 6) is 0.0880. The number of aromatic nitrogens is 1. The van der Waals surface area contributed by atoms with E-state index in [1.165, 1.54) is 19.3 Å². The third-order valence-corrected chi connectivity index (χ3v) is 5.30. The maximum absolute atomic E-state index is 12.3. The fraction of sp³-hybridized carbons (Fsp3) is 0.333. The van der Waals surface area contributed by atoms with Crippen LogP contribution in [0.15, 0.2) is 48.5 Å². The number of amides is 1. The van der Waals surface area contributed by atoms with Gasteiger partial charge in [0.25, 0.3) is 0 Å². The van der Waals surface area contributed by atoms with Crippen LogP contribution < -0.4 is 5.32 Å². The lowest BCUT2D eigenvalue weighted by Gasteiger charge is -2.09. The number of para-hydroxylation sites is 2. The minimum absolute atomic E-state index is 0.0880. The highest BCUT2D eigenvalue weighted by Crippen LogP contribution is 2.34. The van der Waals surface area contributed by atoms with Gasteiger partial charge in [-0.3, -0.25) is 4.79 Å². The van der Waals surface area contributed by atoms with Crippen LogP contribution in [-0.4, -0.2) is 10.9 Å². The number of thiazole rings is 1. The summed E-state index contributed by atoms with van der Waals surface area (Å²) < 4.78 is 1.16. The molecule has 0 bridgehead atoms. The molecule has 1 aromatic heterocycles. The Morgan fingerprint density at radius 1 is 1.00 bits per heavy atom. The molecule has 0 saturated heterocycles. The van der Waals surface area contributed by atoms with Crippen molar-refractivity contribution in [3.05, 3.63) is 48.5 Å². The largest absolute Gasteiger partial charge is 0.325 e. The van der Waals surface area contributed by atoms with E-state index in [4.69, 9.17) is 4.98 Å². The van der Waals surface area contributed by atoms with Gasteiger partial charge in [-0.1, -0.05) is 56.9 Å². The Bertz CT molecular complexity index is 808. The van der Waals surface area contributed by atoms with Gasteiger partial charge in [0.05, 0.1) is 15.9 Å². The van der Waals surface area contributed by atoms with Crippen LogP contribution in [0.3, 0.4) is 0 Å². The molecule has 1 N–H and O–H groups in total. The Balaban J connectivity index is 1.69. The molecule has 3 aromatic rings. The van der Waals surface area contributed by atoms with Crippen LogP contribution in [-0.2, 0) is 4.79 Å². The van der Waals surface area contributed by atoms with Gasteiger partial charge in [-0.2, -0.15) is 0 Å². The van der Waals surface area contributed by atoms with Gasteiger partial charge in [0, 0.05) is 12.0 Å². The molecule has 0 atom stereocenters. The Labute approximate surface area is 153 Å². The molecule has 25 heavy (non-hydrogen) atoms. The van der Waals surface area contributed by atoms with Crippen LogP contribution in [0.5, 0.6) is 0 Å². The number of hydrogen-bond donors (Lipinski definition) is 1. The first-order valence-corrected chi connectivity index (χ1v) is 9.84. The smallest absolute Gasteiger partial charge is 0.224 e. The Hall–Kier alpha value is -2.20. The molecule has 130 valence electrons. The average molecular weight is 353 g/mol. The molecule has 2 aromatic carbocycles. The molecule has 0 fully saturated rings. The third kappa shape index (κ3) is 4.67. The summed E-state index contributed by atoms with van der Waals surface area (Å²) in [7, 11) is 0. The van der Waals surface area contributed by atoms with Gasteiger partial charge in [0.15, 0.2) is 0 Å². The molecule has 0 radical (unpaired) electrons. The fourth-order valence-corrected chi connectivity index (χ4v) is 3.87. The first-order chi connectivity index (χ1) is 12.3. The molecular formula is C21H24N2OS. The van der Waals surface area contributed by atoms with E-state index in [2.05, 4.69) is 18.3 Å². The summed E-state index contributed by atoms with van der Waals surface area (Å²) >= 11 is 1.66. The van der Waals surface area contributed by atoms with E-state index in [9.17, 15) is 4.79 Å². The highest BCUT2D eigenvalue weighted by atomic mass is 32.1. The monoisotopic (exact) mass is 352 g/mol. The first-order valence-electron chi connectivity index (χ1n) is 9.02. The second kappa shape index (κ2) is 8.77. The SMILES string of the molecule is CCCCCCCC(=O)Nc1ccccc1-c1nc2ccccc2s1. The lowest BCUT2D eigenvalue weighted by atomic mass is 10.1. The quantitative estimate of drug-likeness (QED) is 0.486. The Morgan fingerprint density at radius 3 is 2.60 bits per heavy atom. The van der Waals surface area contributed by atoms with Crippen LogP contribution >= 0.6 is 11.3 Å². The van der Waals surface area contributed by atoms with E-state index in [1.807, 2.05) is 42.5 Å². The number of hydrogen-bond acceptors (Lipinski definition) is 3. The van der Waals surface area contributed by atoms with Crippen molar-refractivity contribution in [3.63, 3.8) is 0 Å². The second-order valence-corrected chi connectivity index (χ2v) is 7.28. The topological polar surface area (TPSA) is 42.0 Å². The predicted molar refractivity (Wildman–Crippen MR) is 107 cm³/mol. The van der Waals surface area contributed by atoms with Gasteiger partial charge in [-0.25, -0.2) is 4.98 Å². The standard InChI is InChI=1S/C21H24N2OS/c1-2-3-4-5-6-15-20(24)22-17-12-8-7-11-16(17)21-23-18-13-9-10-14-19(18)25-21/h7-14H,2-6,15H2,1H3,(H,22,24). The van der Waals surface area contributed by atoms with Crippen LogP contribution in [0.2, 0.25) is 0 Å². The molecule has 0 aliphatic heterocycles. The van der Waals surface area contributed by atoms with Gasteiger partial charge in [0.2, 0.25) is 5.91 Å². The number of carbonyl (C=O) groups is 1. The normalized spacial score (nSPS) is 10.9. The van der Waals surface area contributed by atoms with Crippen molar-refractivity contribution in [1.82, 2.24) is 4.98 Å². The number of fused-ring (bicyclic) bond motifs is 1. The summed E-state index contributed by atoms with van der Waals surface area (Å²) in [4.78, 5) is 17.0. The van der Waals surface area contributed by atoms with Crippen molar-refractivity contribution in [3.8, 4) is 10.6 Å². The number of anilines is 1. The average Bonchev–Trinajstić information content (AvgIpc) is 3.06. The van der Waals surface area contributed by atoms with Gasteiger partial charge >= 0.3 is 0 Å². The summed E-state index contributed by atoms with van der Waals surface area (Å²) in [6, 6.07) is 16.0. The van der Waals surface area contributed by atoms with Crippen molar-refractivity contribution in [2.75, 3.05) is 5.32 Å². The maximum Gasteiger partial charge on any atom is 0.224 e. The summed E-state index contributed by atoms with van der Waals surface area (Å²) in [5, 5.41) is 4.02. The van der Waals surface area contributed by atoms with Gasteiger partial charge in [-0.15, -0.1) is 11.3 Å². The highest BCUT2D eigenvalue weighted by molar-refractivity contribution is 7.21. The zero-order chi connectivity index (χ0) is 17.5. The molecular weight excluding hydrogens is 328 g/mol. The number of carbonyl (C=O) groups excluding carboxylic acids is 1. The summed E-state index contributed by atoms with van der Waals surface area (Å²) in [5.41, 5.74) is 2.84. The molecule has 3 rings (SSSR count). The molecule has 0 unspecified atom stereocenters. The number of nitrogens with zero attached hydrogens (tertiary/aromatic N) is 1. The van der Waals surface area contributed by atoms with Gasteiger partial charge in [-0.05, 0) is 30.7 Å². The molecule has 0 aliphatic rings. The van der Waals surface area contributed by atoms with Crippen LogP contribution in [0, 0.1) is 0 Å². The summed E-state index contributed by atoms with van der Waals surface area (Å²) in [6.45, 7) is 2.20. The van der Waals surface area contributed by atoms with Crippen LogP contribution in [0.4, 0.5) is 5.69 Å². The van der Waals surface area contributed by atoms with Crippen molar-refractivity contribution in [2.24, 2.45) is 0 Å². The molecule has 4 heteroatoms. The summed E-state index contributed by atoms with van der Waals surface area (Å²) in [6.07, 6.45) is 6.35. The van der Waals surface area contributed by atoms with Gasteiger partial charge < -0.3 is 5.32 Å². The van der Waals surface area contributed by atoms with Crippen LogP contribution in [0.25, 0.3) is 20.8 Å². The van der Waals surface area contributed by atoms with E-state index >= 15 is 0 Å².